The Balaban J connectivity index is 0.000000174. The number of amides is 3. The fraction of sp³-hybridized carbons (Fsp3) is 0.454. The molecule has 25 N–H and O–H groups in total. The summed E-state index contributed by atoms with van der Waals surface area (Å²) in [5, 5.41) is 180. The lowest BCUT2D eigenvalue weighted by atomic mass is 9.57. The van der Waals surface area contributed by atoms with Gasteiger partial charge >= 0.3 is 0 Å². The summed E-state index contributed by atoms with van der Waals surface area (Å²) < 4.78 is 0. The lowest BCUT2D eigenvalue weighted by Gasteiger charge is -2.49. The molecule has 15 unspecified atom stereocenters. The summed E-state index contributed by atoms with van der Waals surface area (Å²) in [5.74, 6) is -25.6. The van der Waals surface area contributed by atoms with Crippen LogP contribution in [0.1, 0.15) is 137 Å². The number of nitrogens with zero attached hydrogens (tertiary/aromatic N) is 6. The van der Waals surface area contributed by atoms with Gasteiger partial charge < -0.3 is 130 Å². The Labute approximate surface area is 782 Å². The molecule has 0 aromatic heterocycles. The molecule has 0 saturated heterocycles. The van der Waals surface area contributed by atoms with Gasteiger partial charge in [0.05, 0.1) is 46.3 Å². The maximum absolute atomic E-state index is 13.9. The zero-order chi connectivity index (χ0) is 98.8. The van der Waals surface area contributed by atoms with E-state index in [1.807, 2.05) is 57.0 Å². The molecule has 0 aliphatic heterocycles. The number of nitrogens with one attached hydrogen (secondary N) is 1. The van der Waals surface area contributed by atoms with Crippen molar-refractivity contribution >= 4 is 116 Å². The fourth-order valence-corrected chi connectivity index (χ4v) is 22.7. The van der Waals surface area contributed by atoms with Gasteiger partial charge in [0.15, 0.2) is 51.5 Å². The van der Waals surface area contributed by atoms with E-state index in [1.54, 1.807) is 76.1 Å². The van der Waals surface area contributed by atoms with Crippen molar-refractivity contribution in [2.75, 3.05) is 90.1 Å². The largest absolute Gasteiger partial charge is 0.508 e. The average molecular weight is 1890 g/mol. The Hall–Kier alpha value is -13.6. The van der Waals surface area contributed by atoms with Crippen LogP contribution in [-0.4, -0.2) is 279 Å². The molecule has 16 atom stereocenters. The van der Waals surface area contributed by atoms with Crippen LogP contribution >= 0.6 is 0 Å². The van der Waals surface area contributed by atoms with E-state index in [0.717, 1.165) is 42.7 Å². The standard InChI is InChI=1S/C26H31N3O7.C25H30N2O7.C23H27N3O6.C21H21N3O8.2CH4.H2/c1-29(2)15-7-8-16(30)18-13(15)9-11-10-14-20(28-12-5-3-4-6-12)22(32)19(25(27)35)24(34)26(14,36)23(33)17(11)21(18)31;1-5-10(2)20(29)18-22(31)19(26)13-9-11-8-12-14(27(3)4)6-7-15(28)17(12)21(30)16(11)23(32)25(13,34)24(18)33;1-25(2)14-5-6-15(27)16-11(14)7-10-8-13-18(26(3)4)20(29)17(22(24)31)21(30)23(13,32)9-12(10)19(16)28;1-24(2)10-3-4-11(25)13-8(10)5-7-6-9-15(23-32)17(27)14(20(22)30)19(29)21(9,31)18(28)12(7)16(13)26;;;/h7-8,11-12,14,20,28,30-31,34,36H,3-6,9-10H2,1-2H3,(H2,27,35);6-7,10-11,13,19,28,30,33-34H,5,8-9,26H2,1-4H3;5-6,9-10,13,18,27,30,32H,7-8H2,1-4H3,(H2,24,31);3-4,7,9,25-27,31-32H,5-6H2,1-2H3,(H2,22,30);2*1H4;1H/b;;;23-15-;;;/t11?,14?,20-,26?;;;;;;/m1....../s1. The Morgan fingerprint density at radius 1 is 0.463 bits per heavy atom. The van der Waals surface area contributed by atoms with Gasteiger partial charge in [-0.15, -0.1) is 0 Å². The maximum Gasteiger partial charge on any atom is 0.256 e. The molecule has 39 nitrogen and oxygen atoms in total. The molecule has 0 heterocycles. The van der Waals surface area contributed by atoms with Gasteiger partial charge in [-0.3, -0.25) is 62.4 Å². The van der Waals surface area contributed by atoms with Crippen molar-refractivity contribution in [1.29, 1.82) is 0 Å². The van der Waals surface area contributed by atoms with Crippen LogP contribution in [0.3, 0.4) is 0 Å². The summed E-state index contributed by atoms with van der Waals surface area (Å²) >= 11 is 0. The number of aromatic hydroxyl groups is 4. The molecule has 4 fully saturated rings. The molecule has 0 bridgehead atoms. The number of aliphatic hydroxyl groups excluding tert-OH is 7. The Bertz CT molecular complexity index is 6220. The van der Waals surface area contributed by atoms with Crippen molar-refractivity contribution in [2.24, 2.45) is 81.4 Å². The minimum atomic E-state index is -2.93. The third-order valence-electron chi connectivity index (χ3n) is 29.3. The van der Waals surface area contributed by atoms with Crippen LogP contribution < -0.4 is 47.9 Å². The first-order chi connectivity index (χ1) is 62.7. The van der Waals surface area contributed by atoms with Gasteiger partial charge in [-0.1, -0.05) is 46.7 Å². The number of ketones is 9. The van der Waals surface area contributed by atoms with Gasteiger partial charge in [0.1, 0.15) is 91.2 Å². The number of carbonyl (C=O) groups excluding carboxylic acids is 12. The first-order valence-corrected chi connectivity index (χ1v) is 43.7. The summed E-state index contributed by atoms with van der Waals surface area (Å²) in [6, 6.07) is 9.00. The average Bonchev–Trinajstić information content (AvgIpc) is 1.26. The second kappa shape index (κ2) is 36.2. The molecule has 4 aromatic carbocycles. The number of carbonyl (C=O) groups is 12. The first-order valence-electron chi connectivity index (χ1n) is 43.7. The predicted octanol–water partition coefficient (Wildman–Crippen LogP) is 4.31. The summed E-state index contributed by atoms with van der Waals surface area (Å²) in [6.45, 7) is 3.31. The van der Waals surface area contributed by atoms with Crippen LogP contribution in [0.2, 0.25) is 0 Å². The van der Waals surface area contributed by atoms with Crippen LogP contribution in [-0.2, 0) is 78.4 Å². The highest BCUT2D eigenvalue weighted by Gasteiger charge is 2.68. The molecular weight excluding hydrogens is 1770 g/mol. The molecule has 13 aliphatic rings. The summed E-state index contributed by atoms with van der Waals surface area (Å²) in [7, 11) is 17.8. The van der Waals surface area contributed by atoms with Crippen molar-refractivity contribution in [3.8, 4) is 23.0 Å². The van der Waals surface area contributed by atoms with Crippen molar-refractivity contribution in [2.45, 2.75) is 159 Å². The number of hydrogen-bond donors (Lipinski definition) is 21. The minimum absolute atomic E-state index is 0. The Morgan fingerprint density at radius 3 is 1.24 bits per heavy atom. The number of aliphatic hydroxyl groups is 11. The lowest BCUT2D eigenvalue weighted by Crippen LogP contribution is -2.66. The van der Waals surface area contributed by atoms with Gasteiger partial charge in [-0.25, -0.2) is 0 Å². The van der Waals surface area contributed by atoms with E-state index in [2.05, 4.69) is 10.5 Å². The number of likely N-dealkylation sites (N-methyl/N-ethyl adjacent to an activating group) is 1. The van der Waals surface area contributed by atoms with E-state index in [4.69, 9.17) is 22.9 Å². The number of Topliss-reactive ketones (excluding diaryl/α,β-unsaturated/α-hetero) is 9. The minimum Gasteiger partial charge on any atom is -0.508 e. The number of fused-ring (bicyclic) bond motifs is 12. The third kappa shape index (κ3) is 15.2. The smallest absolute Gasteiger partial charge is 0.256 e. The summed E-state index contributed by atoms with van der Waals surface area (Å²) in [5.41, 5.74) is 13.5. The summed E-state index contributed by atoms with van der Waals surface area (Å²) in [6.07, 6.45) is 6.40. The number of phenols is 4. The van der Waals surface area contributed by atoms with Crippen molar-refractivity contribution < 1.29 is 141 Å². The van der Waals surface area contributed by atoms with Crippen molar-refractivity contribution in [1.82, 2.24) is 10.2 Å². The van der Waals surface area contributed by atoms with E-state index < -0.39 is 226 Å². The van der Waals surface area contributed by atoms with E-state index >= 15 is 0 Å². The normalized spacial score (nSPS) is 28.9. The second-order valence-corrected chi connectivity index (χ2v) is 37.8. The highest BCUT2D eigenvalue weighted by atomic mass is 16.4. The van der Waals surface area contributed by atoms with Gasteiger partial charge in [0, 0.05) is 133 Å². The third-order valence-corrected chi connectivity index (χ3v) is 29.3. The lowest BCUT2D eigenvalue weighted by molar-refractivity contribution is -0.154. The van der Waals surface area contributed by atoms with Crippen LogP contribution in [0.15, 0.2) is 127 Å². The molecule has 4 saturated carbocycles. The molecule has 3 amide bonds. The zero-order valence-corrected chi connectivity index (χ0v) is 75.4. The number of benzene rings is 4. The summed E-state index contributed by atoms with van der Waals surface area (Å²) in [4.78, 5) is 164. The topological polar surface area (TPSA) is 673 Å². The predicted molar refractivity (Wildman–Crippen MR) is 497 cm³/mol. The molecule has 17 rings (SSSR count). The van der Waals surface area contributed by atoms with Gasteiger partial charge in [-0.05, 0) is 185 Å². The quantitative estimate of drug-likeness (QED) is 0.0384. The second-order valence-electron chi connectivity index (χ2n) is 37.8. The van der Waals surface area contributed by atoms with Crippen molar-refractivity contribution in [3.05, 3.63) is 167 Å². The number of nitrogens with two attached hydrogens (primary N) is 4. The van der Waals surface area contributed by atoms with E-state index in [-0.39, 0.29) is 141 Å². The molecule has 0 radical (unpaired) electrons. The highest BCUT2D eigenvalue weighted by Crippen LogP contribution is 2.59. The van der Waals surface area contributed by atoms with E-state index in [1.165, 1.54) is 30.3 Å². The van der Waals surface area contributed by atoms with E-state index in [9.17, 15) is 139 Å². The Morgan fingerprint density at radius 2 is 0.831 bits per heavy atom. The van der Waals surface area contributed by atoms with Crippen molar-refractivity contribution in [3.63, 3.8) is 0 Å². The Kier molecular flexibility index (Phi) is 27.0. The number of allylic oxidation sites excluding steroid dienone is 2. The number of hydrogen-bond acceptors (Lipinski definition) is 36. The first kappa shape index (κ1) is 101. The number of primary amides is 3. The van der Waals surface area contributed by atoms with Crippen LogP contribution in [0.25, 0.3) is 17.3 Å². The fourth-order valence-electron chi connectivity index (χ4n) is 22.7. The van der Waals surface area contributed by atoms with Gasteiger partial charge in [-0.2, -0.15) is 0 Å². The van der Waals surface area contributed by atoms with Crippen LogP contribution in [0, 0.1) is 53.3 Å². The number of oxime groups is 1. The monoisotopic (exact) mass is 1890 g/mol. The molecule has 730 valence electrons. The van der Waals surface area contributed by atoms with Crippen LogP contribution in [0.4, 0.5) is 22.7 Å². The number of phenolic OH excluding ortho intramolecular Hbond substituents is 4. The van der Waals surface area contributed by atoms with Gasteiger partial charge in [0.2, 0.25) is 23.1 Å². The molecular formula is C97H119N11O28. The SMILES string of the molecule is C.C.CCC(C)C(=O)C1=C(O)C2(O)C(=O)C3=C(O)c4c(O)ccc(N(C)C)c4CC3CC2C(N)C1=O.CN(C)c1ccc(O)c2c1CC1CC3/C(=N/O)C(O)=C(C(N)=O)C(=O)C3(O)C(=O)C1=C2O.CN(C)c1ccc(O)c2c1CC1CC3C(N(C)C)C(=O)C(C(N)=O)=C(O)C3(O)C=C1C2=O.CN(C)c1ccc(O)c2c1CC1CC3[C@@H](NC4CCCC4)C(=O)C(C(N)=O)=C(O)C3(O)C(=O)C1=C2O.[HH]. The maximum atomic E-state index is 13.9. The molecule has 0 spiro atoms. The molecule has 4 aromatic rings. The zero-order valence-electron chi connectivity index (χ0n) is 75.4. The molecule has 39 heteroatoms. The highest BCUT2D eigenvalue weighted by molar-refractivity contribution is 6.38. The number of anilines is 4. The number of rotatable bonds is 13. The van der Waals surface area contributed by atoms with Gasteiger partial charge in [0.25, 0.3) is 17.7 Å². The molecule has 13 aliphatic carbocycles. The van der Waals surface area contributed by atoms with Crippen LogP contribution in [0.5, 0.6) is 23.0 Å². The molecule has 136 heavy (non-hydrogen) atoms. The van der Waals surface area contributed by atoms with E-state index in [0.29, 0.717) is 40.8 Å².